The number of aromatic nitrogens is 2. The third-order valence-electron chi connectivity index (χ3n) is 2.57. The zero-order valence-electron chi connectivity index (χ0n) is 10.8. The molecule has 0 spiro atoms. The summed E-state index contributed by atoms with van der Waals surface area (Å²) in [5.41, 5.74) is 7.26. The zero-order chi connectivity index (χ0) is 13.8. The van der Waals surface area contributed by atoms with Crippen molar-refractivity contribution in [2.24, 2.45) is 7.05 Å². The first-order valence-corrected chi connectivity index (χ1v) is 5.68. The number of hydrogen-bond acceptors (Lipinski definition) is 5. The van der Waals surface area contributed by atoms with Crippen LogP contribution in [0.1, 0.15) is 15.9 Å². The Labute approximate surface area is 110 Å². The summed E-state index contributed by atoms with van der Waals surface area (Å²) in [6.07, 6.45) is 3.42. The molecule has 0 saturated heterocycles. The highest BCUT2D eigenvalue weighted by Crippen LogP contribution is 2.22. The van der Waals surface area contributed by atoms with Gasteiger partial charge < -0.3 is 15.2 Å². The fraction of sp³-hybridized carbons (Fsp3) is 0.231. The molecule has 6 nitrogen and oxygen atoms in total. The lowest BCUT2D eigenvalue weighted by atomic mass is 10.2. The number of ether oxygens (including phenoxy) is 2. The molecule has 0 atom stereocenters. The Morgan fingerprint density at radius 2 is 2.26 bits per heavy atom. The molecule has 1 aromatic carbocycles. The van der Waals surface area contributed by atoms with E-state index in [0.717, 1.165) is 5.56 Å². The Morgan fingerprint density at radius 3 is 2.89 bits per heavy atom. The number of rotatable bonds is 4. The fourth-order valence-corrected chi connectivity index (χ4v) is 1.66. The highest BCUT2D eigenvalue weighted by atomic mass is 16.5. The first-order valence-electron chi connectivity index (χ1n) is 5.68. The number of anilines is 1. The number of carbonyl (C=O) groups excluding carboxylic acids is 1. The third-order valence-corrected chi connectivity index (χ3v) is 2.57. The monoisotopic (exact) mass is 261 g/mol. The van der Waals surface area contributed by atoms with Gasteiger partial charge in [-0.05, 0) is 18.2 Å². The molecule has 0 amide bonds. The number of nitrogens with two attached hydrogens (primary N) is 1. The molecular formula is C13H15N3O3. The van der Waals surface area contributed by atoms with Crippen molar-refractivity contribution < 1.29 is 14.3 Å². The van der Waals surface area contributed by atoms with E-state index in [1.54, 1.807) is 36.3 Å². The second-order valence-corrected chi connectivity index (χ2v) is 4.06. The molecule has 0 aliphatic rings. The lowest BCUT2D eigenvalue weighted by molar-refractivity contribution is 0.0469. The maximum Gasteiger partial charge on any atom is 0.342 e. The van der Waals surface area contributed by atoms with E-state index < -0.39 is 5.97 Å². The summed E-state index contributed by atoms with van der Waals surface area (Å²) in [5.74, 6) is -0.0432. The van der Waals surface area contributed by atoms with Gasteiger partial charge in [-0.2, -0.15) is 5.10 Å². The van der Waals surface area contributed by atoms with E-state index in [1.807, 2.05) is 0 Å². The highest BCUT2D eigenvalue weighted by Gasteiger charge is 2.14. The maximum atomic E-state index is 12.0. The SMILES string of the molecule is COc1ccc(N)cc1C(=O)OCc1cnn(C)c1. The quantitative estimate of drug-likeness (QED) is 0.664. The minimum atomic E-state index is -0.479. The van der Waals surface area contributed by atoms with Crippen LogP contribution in [0.25, 0.3) is 0 Å². The number of benzene rings is 1. The van der Waals surface area contributed by atoms with E-state index in [9.17, 15) is 4.79 Å². The Kier molecular flexibility index (Phi) is 3.70. The van der Waals surface area contributed by atoms with Crippen LogP contribution >= 0.6 is 0 Å². The molecule has 6 heteroatoms. The molecule has 19 heavy (non-hydrogen) atoms. The predicted molar refractivity (Wildman–Crippen MR) is 69.7 cm³/mol. The maximum absolute atomic E-state index is 12.0. The van der Waals surface area contributed by atoms with Crippen LogP contribution in [0.5, 0.6) is 5.75 Å². The third kappa shape index (κ3) is 3.04. The minimum absolute atomic E-state index is 0.157. The first kappa shape index (κ1) is 12.9. The van der Waals surface area contributed by atoms with Crippen LogP contribution in [0, 0.1) is 0 Å². The largest absolute Gasteiger partial charge is 0.496 e. The number of hydrogen-bond donors (Lipinski definition) is 1. The smallest absolute Gasteiger partial charge is 0.342 e. The second kappa shape index (κ2) is 5.43. The van der Waals surface area contributed by atoms with E-state index >= 15 is 0 Å². The van der Waals surface area contributed by atoms with Crippen LogP contribution in [0.2, 0.25) is 0 Å². The molecule has 0 fully saturated rings. The lowest BCUT2D eigenvalue weighted by Crippen LogP contribution is -2.07. The van der Waals surface area contributed by atoms with Gasteiger partial charge in [-0.15, -0.1) is 0 Å². The first-order chi connectivity index (χ1) is 9.10. The van der Waals surface area contributed by atoms with Gasteiger partial charge in [-0.3, -0.25) is 4.68 Å². The second-order valence-electron chi connectivity index (χ2n) is 4.06. The predicted octanol–water partition coefficient (Wildman–Crippen LogP) is 1.37. The molecule has 1 aromatic heterocycles. The van der Waals surface area contributed by atoms with Gasteiger partial charge in [0.25, 0.3) is 0 Å². The van der Waals surface area contributed by atoms with Crippen molar-refractivity contribution >= 4 is 11.7 Å². The molecule has 0 aliphatic heterocycles. The molecule has 1 heterocycles. The highest BCUT2D eigenvalue weighted by molar-refractivity contribution is 5.93. The van der Waals surface area contributed by atoms with Gasteiger partial charge in [0, 0.05) is 24.5 Å². The van der Waals surface area contributed by atoms with E-state index in [-0.39, 0.29) is 6.61 Å². The zero-order valence-corrected chi connectivity index (χ0v) is 10.8. The summed E-state index contributed by atoms with van der Waals surface area (Å²) in [4.78, 5) is 12.0. The van der Waals surface area contributed by atoms with Crippen molar-refractivity contribution in [3.63, 3.8) is 0 Å². The molecule has 0 unspecified atom stereocenters. The van der Waals surface area contributed by atoms with E-state index in [4.69, 9.17) is 15.2 Å². The summed E-state index contributed by atoms with van der Waals surface area (Å²) in [6.45, 7) is 0.157. The van der Waals surface area contributed by atoms with Crippen molar-refractivity contribution in [3.05, 3.63) is 41.7 Å². The summed E-state index contributed by atoms with van der Waals surface area (Å²) in [6, 6.07) is 4.83. The molecule has 0 saturated carbocycles. The number of esters is 1. The van der Waals surface area contributed by atoms with Crippen molar-refractivity contribution in [2.45, 2.75) is 6.61 Å². The molecule has 2 N–H and O–H groups in total. The topological polar surface area (TPSA) is 79.4 Å². The minimum Gasteiger partial charge on any atom is -0.496 e. The normalized spacial score (nSPS) is 10.2. The van der Waals surface area contributed by atoms with Gasteiger partial charge in [0.15, 0.2) is 0 Å². The van der Waals surface area contributed by atoms with Crippen LogP contribution in [0.15, 0.2) is 30.6 Å². The van der Waals surface area contributed by atoms with Gasteiger partial charge in [0.05, 0.1) is 13.3 Å². The molecule has 0 radical (unpaired) electrons. The standard InChI is InChI=1S/C13H15N3O3/c1-16-7-9(6-15-16)8-19-13(17)11-5-10(14)3-4-12(11)18-2/h3-7H,8,14H2,1-2H3. The molecule has 100 valence electrons. The molecular weight excluding hydrogens is 246 g/mol. The Morgan fingerprint density at radius 1 is 1.47 bits per heavy atom. The molecule has 2 rings (SSSR count). The summed E-state index contributed by atoms with van der Waals surface area (Å²) in [5, 5.41) is 4.00. The van der Waals surface area contributed by atoms with E-state index in [1.165, 1.54) is 13.2 Å². The number of aryl methyl sites for hydroxylation is 1. The van der Waals surface area contributed by atoms with Crippen LogP contribution in [0.4, 0.5) is 5.69 Å². The molecule has 2 aromatic rings. The number of methoxy groups -OCH3 is 1. The number of nitrogens with zero attached hydrogens (tertiary/aromatic N) is 2. The lowest BCUT2D eigenvalue weighted by Gasteiger charge is -2.08. The van der Waals surface area contributed by atoms with Gasteiger partial charge >= 0.3 is 5.97 Å². The van der Waals surface area contributed by atoms with Crippen LogP contribution in [-0.2, 0) is 18.4 Å². The summed E-state index contributed by atoms with van der Waals surface area (Å²) >= 11 is 0. The number of carbonyl (C=O) groups is 1. The van der Waals surface area contributed by atoms with E-state index in [2.05, 4.69) is 5.10 Å². The van der Waals surface area contributed by atoms with Gasteiger partial charge in [0.1, 0.15) is 17.9 Å². The Bertz CT molecular complexity index is 593. The fourth-order valence-electron chi connectivity index (χ4n) is 1.66. The number of nitrogen functional groups attached to an aromatic ring is 1. The van der Waals surface area contributed by atoms with Crippen molar-refractivity contribution in [1.29, 1.82) is 0 Å². The van der Waals surface area contributed by atoms with Crippen LogP contribution < -0.4 is 10.5 Å². The van der Waals surface area contributed by atoms with E-state index in [0.29, 0.717) is 17.0 Å². The Hall–Kier alpha value is -2.50. The van der Waals surface area contributed by atoms with Crippen LogP contribution in [0.3, 0.4) is 0 Å². The Balaban J connectivity index is 2.09. The van der Waals surface area contributed by atoms with Gasteiger partial charge in [0.2, 0.25) is 0 Å². The van der Waals surface area contributed by atoms with Crippen molar-refractivity contribution in [1.82, 2.24) is 9.78 Å². The van der Waals surface area contributed by atoms with Crippen molar-refractivity contribution in [3.8, 4) is 5.75 Å². The van der Waals surface area contributed by atoms with Gasteiger partial charge in [-0.1, -0.05) is 0 Å². The average Bonchev–Trinajstić information content (AvgIpc) is 2.81. The average molecular weight is 261 g/mol. The molecule has 0 aliphatic carbocycles. The summed E-state index contributed by atoms with van der Waals surface area (Å²) < 4.78 is 11.9. The summed E-state index contributed by atoms with van der Waals surface area (Å²) in [7, 11) is 3.29. The van der Waals surface area contributed by atoms with Crippen molar-refractivity contribution in [2.75, 3.05) is 12.8 Å². The van der Waals surface area contributed by atoms with Gasteiger partial charge in [-0.25, -0.2) is 4.79 Å². The van der Waals surface area contributed by atoms with Crippen LogP contribution in [-0.4, -0.2) is 22.9 Å². The molecule has 0 bridgehead atoms.